The first-order valence-corrected chi connectivity index (χ1v) is 0. The second-order valence-corrected chi connectivity index (χ2v) is 0. The van der Waals surface area contributed by atoms with Crippen LogP contribution in [0.15, 0.2) is 0 Å². The van der Waals surface area contributed by atoms with Crippen LogP contribution in [0.5, 0.6) is 0 Å². The standard InChI is InChI=1S/2Al.3ClH.3FH.2Sb/h;;6*1H;;/q2*+3;;;;;;;;/p-6. The third-order valence-corrected chi connectivity index (χ3v) is 0. The van der Waals surface area contributed by atoms with Crippen LogP contribution in [0.25, 0.3) is 0 Å². The Morgan fingerprint density at radius 3 is 0.400 bits per heavy atom. The molecule has 0 saturated heterocycles. The predicted octanol–water partition coefficient (Wildman–Crippen LogP) is -19.5. The summed E-state index contributed by atoms with van der Waals surface area (Å²) in [5.74, 6) is 0. The topological polar surface area (TPSA) is 0 Å². The molecule has 0 amide bonds. The minimum Gasteiger partial charge on any atom is -1.00 e. The van der Waals surface area contributed by atoms with Gasteiger partial charge >= 0.3 is 34.7 Å². The molecule has 0 saturated carbocycles. The van der Waals surface area contributed by atoms with E-state index >= 15 is 0 Å². The van der Waals surface area contributed by atoms with Gasteiger partial charge in [-0.15, -0.1) is 0 Å². The Balaban J connectivity index is 0. The first kappa shape index (κ1) is 181. The Bertz CT molecular complexity index is 19.7. The molecule has 0 aliphatic rings. The summed E-state index contributed by atoms with van der Waals surface area (Å²) < 4.78 is 0. The van der Waals surface area contributed by atoms with Gasteiger partial charge in [0.2, 0.25) is 0 Å². The van der Waals surface area contributed by atoms with Gasteiger partial charge in [0.25, 0.3) is 0 Å². The summed E-state index contributed by atoms with van der Waals surface area (Å²) in [6.45, 7) is 0. The molecule has 58 valence electrons. The fraction of sp³-hybridized carbons (Fsp3) is 0. The van der Waals surface area contributed by atoms with E-state index in [1.165, 1.54) is 0 Å². The molecule has 10 heteroatoms. The monoisotopic (exact) mass is 458 g/mol. The molecule has 0 atom stereocenters. The van der Waals surface area contributed by atoms with Crippen molar-refractivity contribution in [2.24, 2.45) is 0 Å². The second-order valence-electron chi connectivity index (χ2n) is 0. The van der Waals surface area contributed by atoms with Gasteiger partial charge in [-0.05, 0) is 0 Å². The van der Waals surface area contributed by atoms with Gasteiger partial charge in [0.05, 0.1) is 0 Å². The Morgan fingerprint density at radius 1 is 0.400 bits per heavy atom. The summed E-state index contributed by atoms with van der Waals surface area (Å²) >= 11 is 0. The van der Waals surface area contributed by atoms with E-state index in [4.69, 9.17) is 0 Å². The zero-order valence-electron chi connectivity index (χ0n) is 4.32. The molecule has 0 unspecified atom stereocenters. The number of hydrogen-bond donors (Lipinski definition) is 0. The van der Waals surface area contributed by atoms with Crippen LogP contribution in [-0.4, -0.2) is 83.6 Å². The zero-order valence-corrected chi connectivity index (χ0v) is 14.0. The average molecular weight is 461 g/mol. The van der Waals surface area contributed by atoms with Gasteiger partial charge in [0.1, 0.15) is 0 Å². The molecule has 0 spiro atoms. The fourth-order valence-electron chi connectivity index (χ4n) is 0. The molecule has 0 heterocycles. The summed E-state index contributed by atoms with van der Waals surface area (Å²) in [7, 11) is 0. The smallest absolute Gasteiger partial charge is 1.00 e. The summed E-state index contributed by atoms with van der Waals surface area (Å²) in [5, 5.41) is 0. The molecule has 10 heavy (non-hydrogen) atoms. The summed E-state index contributed by atoms with van der Waals surface area (Å²) in [5.41, 5.74) is 0. The van der Waals surface area contributed by atoms with Crippen LogP contribution < -0.4 is 51.3 Å². The van der Waals surface area contributed by atoms with Crippen molar-refractivity contribution in [2.45, 2.75) is 0 Å². The molecule has 0 rings (SSSR count). The molecule has 0 nitrogen and oxygen atoms in total. The van der Waals surface area contributed by atoms with Crippen LogP contribution in [0.1, 0.15) is 0 Å². The summed E-state index contributed by atoms with van der Waals surface area (Å²) in [6.07, 6.45) is 0. The van der Waals surface area contributed by atoms with Crippen LogP contribution in [0, 0.1) is 0 Å². The van der Waals surface area contributed by atoms with Gasteiger partial charge in [-0.25, -0.2) is 0 Å². The van der Waals surface area contributed by atoms with E-state index in [2.05, 4.69) is 0 Å². The van der Waals surface area contributed by atoms with E-state index in [-0.39, 0.29) is 135 Å². The Labute approximate surface area is 133 Å². The van der Waals surface area contributed by atoms with E-state index in [1.807, 2.05) is 0 Å². The number of hydrogen-bond acceptors (Lipinski definition) is 0. The van der Waals surface area contributed by atoms with E-state index in [9.17, 15) is 0 Å². The molecule has 0 fully saturated rings. The molecule has 0 aromatic carbocycles. The maximum atomic E-state index is 0. The SMILES string of the molecule is [Al+3].[Al+3].[Cl-].[Cl-].[Cl-].[F-].[F-].[F-].[Sb].[Sb]. The second kappa shape index (κ2) is 141. The quantitative estimate of drug-likeness (QED) is 0.315. The first-order chi connectivity index (χ1) is 0. The van der Waals surface area contributed by atoms with Crippen molar-refractivity contribution in [1.29, 1.82) is 0 Å². The van der Waals surface area contributed by atoms with Crippen molar-refractivity contribution in [2.75, 3.05) is 0 Å². The summed E-state index contributed by atoms with van der Waals surface area (Å²) in [6, 6.07) is 0. The minimum absolute atomic E-state index is 0. The van der Waals surface area contributed by atoms with Crippen molar-refractivity contribution in [3.63, 3.8) is 0 Å². The van der Waals surface area contributed by atoms with Crippen LogP contribution in [0.2, 0.25) is 0 Å². The van der Waals surface area contributed by atoms with Gasteiger partial charge in [-0.3, -0.25) is 0 Å². The normalized spacial score (nSPS) is 0. The van der Waals surface area contributed by atoms with Crippen molar-refractivity contribution in [3.8, 4) is 0 Å². The molecule has 0 aliphatic carbocycles. The Morgan fingerprint density at radius 2 is 0.400 bits per heavy atom. The third kappa shape index (κ3) is 108. The van der Waals surface area contributed by atoms with E-state index in [0.29, 0.717) is 0 Å². The van der Waals surface area contributed by atoms with E-state index in [1.54, 1.807) is 0 Å². The van der Waals surface area contributed by atoms with Crippen molar-refractivity contribution in [1.82, 2.24) is 0 Å². The van der Waals surface area contributed by atoms with Gasteiger partial charge in [-0.2, -0.15) is 0 Å². The van der Waals surface area contributed by atoms with Gasteiger partial charge < -0.3 is 51.3 Å². The van der Waals surface area contributed by atoms with Crippen LogP contribution in [-0.2, 0) is 0 Å². The maximum absolute atomic E-state index is 0. The van der Waals surface area contributed by atoms with Crippen molar-refractivity contribution < 1.29 is 51.3 Å². The van der Waals surface area contributed by atoms with Gasteiger partial charge in [-0.1, -0.05) is 0 Å². The van der Waals surface area contributed by atoms with E-state index < -0.39 is 0 Å². The predicted molar refractivity (Wildman–Crippen MR) is 23.0 cm³/mol. The maximum Gasteiger partial charge on any atom is 3.00 e. The van der Waals surface area contributed by atoms with Crippen LogP contribution >= 0.6 is 0 Å². The van der Waals surface area contributed by atoms with Crippen LogP contribution in [0.4, 0.5) is 0 Å². The number of halogens is 6. The minimum atomic E-state index is 0. The molecule has 0 aromatic rings. The molecule has 0 aromatic heterocycles. The Kier molecular flexibility index (Phi) is 2550. The zero-order chi connectivity index (χ0) is 0. The first-order valence-electron chi connectivity index (χ1n) is 0. The van der Waals surface area contributed by atoms with Crippen molar-refractivity contribution in [3.05, 3.63) is 0 Å². The van der Waals surface area contributed by atoms with Gasteiger partial charge in [0.15, 0.2) is 0 Å². The van der Waals surface area contributed by atoms with Crippen molar-refractivity contribution >= 4 is 83.6 Å². The van der Waals surface area contributed by atoms with E-state index in [0.717, 1.165) is 0 Å². The summed E-state index contributed by atoms with van der Waals surface area (Å²) in [4.78, 5) is 0. The fourth-order valence-corrected chi connectivity index (χ4v) is 0. The molecule has 0 bridgehead atoms. The molecular weight excluding hydrogens is 461 g/mol. The Hall–Kier alpha value is 3.36. The van der Waals surface area contributed by atoms with Crippen LogP contribution in [0.3, 0.4) is 0 Å². The average Bonchev–Trinajstić information content (AvgIpc) is 0. The number of rotatable bonds is 0. The molecule has 6 radical (unpaired) electrons. The largest absolute Gasteiger partial charge is 3.00 e. The third-order valence-electron chi connectivity index (χ3n) is 0. The molecule has 0 N–H and O–H groups in total. The molecular formula is Al2Cl3F3Sb2. The molecule has 0 aliphatic heterocycles. The van der Waals surface area contributed by atoms with Gasteiger partial charge in [0, 0.05) is 48.9 Å².